The SMILES string of the molecule is C[C@H](Nc1cc(C(N)=O)ccn1)c1cc2cc(Cl)ccc2[nH]c1=O. The summed E-state index contributed by atoms with van der Waals surface area (Å²) >= 11 is 6.01. The molecular weight excluding hydrogens is 328 g/mol. The van der Waals surface area contributed by atoms with E-state index in [1.165, 1.54) is 12.3 Å². The van der Waals surface area contributed by atoms with Crippen molar-refractivity contribution in [1.29, 1.82) is 0 Å². The molecule has 2 heterocycles. The van der Waals surface area contributed by atoms with E-state index in [0.717, 1.165) is 5.39 Å². The molecule has 122 valence electrons. The first-order valence-electron chi connectivity index (χ1n) is 7.29. The smallest absolute Gasteiger partial charge is 0.253 e. The first-order valence-corrected chi connectivity index (χ1v) is 7.67. The molecule has 3 rings (SSSR count). The zero-order valence-electron chi connectivity index (χ0n) is 12.8. The maximum atomic E-state index is 12.3. The van der Waals surface area contributed by atoms with Gasteiger partial charge in [-0.05, 0) is 43.3 Å². The monoisotopic (exact) mass is 342 g/mol. The fourth-order valence-electron chi connectivity index (χ4n) is 2.48. The van der Waals surface area contributed by atoms with Crippen molar-refractivity contribution in [2.45, 2.75) is 13.0 Å². The highest BCUT2D eigenvalue weighted by Gasteiger charge is 2.13. The van der Waals surface area contributed by atoms with E-state index in [2.05, 4.69) is 15.3 Å². The number of H-pyrrole nitrogens is 1. The number of amides is 1. The van der Waals surface area contributed by atoms with Gasteiger partial charge in [-0.15, -0.1) is 0 Å². The van der Waals surface area contributed by atoms with Crippen LogP contribution in [0.15, 0.2) is 47.4 Å². The van der Waals surface area contributed by atoms with E-state index < -0.39 is 5.91 Å². The molecule has 0 aliphatic carbocycles. The van der Waals surface area contributed by atoms with Gasteiger partial charge in [0.2, 0.25) is 5.91 Å². The van der Waals surface area contributed by atoms with Crippen LogP contribution in [0.3, 0.4) is 0 Å². The predicted octanol–water partition coefficient (Wildman–Crippen LogP) is 2.85. The molecule has 3 aromatic rings. The number of halogens is 1. The summed E-state index contributed by atoms with van der Waals surface area (Å²) in [6.07, 6.45) is 1.49. The molecule has 0 saturated heterocycles. The molecule has 1 atom stereocenters. The van der Waals surface area contributed by atoms with Crippen molar-refractivity contribution < 1.29 is 4.79 Å². The van der Waals surface area contributed by atoms with Crippen LogP contribution in [0.25, 0.3) is 10.9 Å². The Balaban J connectivity index is 1.95. The first kappa shape index (κ1) is 16.0. The van der Waals surface area contributed by atoms with Gasteiger partial charge in [0.1, 0.15) is 5.82 Å². The number of anilines is 1. The van der Waals surface area contributed by atoms with Gasteiger partial charge in [-0.2, -0.15) is 0 Å². The lowest BCUT2D eigenvalue weighted by Crippen LogP contribution is -2.20. The van der Waals surface area contributed by atoms with Crippen LogP contribution in [-0.2, 0) is 0 Å². The quantitative estimate of drug-likeness (QED) is 0.678. The van der Waals surface area contributed by atoms with E-state index in [1.54, 1.807) is 30.3 Å². The Labute approximate surface area is 142 Å². The number of hydrogen-bond acceptors (Lipinski definition) is 4. The van der Waals surface area contributed by atoms with Crippen molar-refractivity contribution >= 4 is 34.2 Å². The second kappa shape index (κ2) is 6.33. The number of benzene rings is 1. The van der Waals surface area contributed by atoms with Crippen molar-refractivity contribution in [2.75, 3.05) is 5.32 Å². The number of nitrogens with zero attached hydrogens (tertiary/aromatic N) is 1. The maximum absolute atomic E-state index is 12.3. The van der Waals surface area contributed by atoms with Crippen molar-refractivity contribution in [3.05, 3.63) is 69.1 Å². The normalized spacial score (nSPS) is 12.1. The molecule has 0 aliphatic heterocycles. The summed E-state index contributed by atoms with van der Waals surface area (Å²) in [6.45, 7) is 1.83. The fourth-order valence-corrected chi connectivity index (χ4v) is 2.66. The number of carbonyl (C=O) groups excluding carboxylic acids is 1. The van der Waals surface area contributed by atoms with Gasteiger partial charge in [0.25, 0.3) is 5.56 Å². The Morgan fingerprint density at radius 3 is 2.83 bits per heavy atom. The molecule has 0 saturated carbocycles. The minimum absolute atomic E-state index is 0.198. The molecular formula is C17H15ClN4O2. The Morgan fingerprint density at radius 2 is 2.08 bits per heavy atom. The summed E-state index contributed by atoms with van der Waals surface area (Å²) in [5, 5.41) is 4.53. The van der Waals surface area contributed by atoms with Crippen LogP contribution >= 0.6 is 11.6 Å². The van der Waals surface area contributed by atoms with Crippen LogP contribution < -0.4 is 16.6 Å². The molecule has 4 N–H and O–H groups in total. The number of hydrogen-bond donors (Lipinski definition) is 3. The number of rotatable bonds is 4. The number of nitrogens with one attached hydrogen (secondary N) is 2. The second-order valence-electron chi connectivity index (χ2n) is 5.45. The molecule has 24 heavy (non-hydrogen) atoms. The van der Waals surface area contributed by atoms with Gasteiger partial charge in [-0.3, -0.25) is 9.59 Å². The third-order valence-electron chi connectivity index (χ3n) is 3.71. The average Bonchev–Trinajstić information content (AvgIpc) is 2.54. The van der Waals surface area contributed by atoms with Crippen molar-refractivity contribution in [3.63, 3.8) is 0 Å². The molecule has 0 fully saturated rings. The standard InChI is InChI=1S/C17H15ClN4O2/c1-9(21-15-8-10(16(19)23)4-5-20-15)13-7-11-6-12(18)2-3-14(11)22-17(13)24/h2-9H,1H3,(H2,19,23)(H,20,21)(H,22,24)/t9-/m0/s1. The summed E-state index contributed by atoms with van der Waals surface area (Å²) in [4.78, 5) is 30.5. The predicted molar refractivity (Wildman–Crippen MR) is 94.4 cm³/mol. The molecule has 1 aromatic carbocycles. The van der Waals surface area contributed by atoms with Gasteiger partial charge in [0.05, 0.1) is 6.04 Å². The fraction of sp³-hybridized carbons (Fsp3) is 0.118. The summed E-state index contributed by atoms with van der Waals surface area (Å²) in [5.41, 5.74) is 6.67. The summed E-state index contributed by atoms with van der Waals surface area (Å²) in [7, 11) is 0. The molecule has 1 amide bonds. The lowest BCUT2D eigenvalue weighted by Gasteiger charge is -2.15. The number of aromatic nitrogens is 2. The molecule has 0 radical (unpaired) electrons. The largest absolute Gasteiger partial charge is 0.366 e. The highest BCUT2D eigenvalue weighted by atomic mass is 35.5. The van der Waals surface area contributed by atoms with Crippen LogP contribution in [0.4, 0.5) is 5.82 Å². The number of pyridine rings is 2. The molecule has 6 nitrogen and oxygen atoms in total. The second-order valence-corrected chi connectivity index (χ2v) is 5.88. The highest BCUT2D eigenvalue weighted by molar-refractivity contribution is 6.31. The van der Waals surface area contributed by atoms with Gasteiger partial charge in [-0.25, -0.2) is 4.98 Å². The van der Waals surface area contributed by atoms with E-state index in [9.17, 15) is 9.59 Å². The van der Waals surface area contributed by atoms with E-state index in [-0.39, 0.29) is 11.6 Å². The Hall–Kier alpha value is -2.86. The van der Waals surface area contributed by atoms with Crippen LogP contribution in [0.1, 0.15) is 28.9 Å². The highest BCUT2D eigenvalue weighted by Crippen LogP contribution is 2.21. The zero-order valence-corrected chi connectivity index (χ0v) is 13.6. The molecule has 0 spiro atoms. The average molecular weight is 343 g/mol. The number of carbonyl (C=O) groups is 1. The van der Waals surface area contributed by atoms with Crippen molar-refractivity contribution in [3.8, 4) is 0 Å². The maximum Gasteiger partial charge on any atom is 0.253 e. The molecule has 2 aromatic heterocycles. The van der Waals surface area contributed by atoms with Crippen LogP contribution in [-0.4, -0.2) is 15.9 Å². The van der Waals surface area contributed by atoms with Gasteiger partial charge >= 0.3 is 0 Å². The van der Waals surface area contributed by atoms with Crippen LogP contribution in [0.5, 0.6) is 0 Å². The Bertz CT molecular complexity index is 984. The van der Waals surface area contributed by atoms with E-state index in [0.29, 0.717) is 27.5 Å². The van der Waals surface area contributed by atoms with E-state index in [4.69, 9.17) is 17.3 Å². The van der Waals surface area contributed by atoms with E-state index in [1.807, 2.05) is 6.92 Å². The van der Waals surface area contributed by atoms with Gasteiger partial charge in [0.15, 0.2) is 0 Å². The minimum atomic E-state index is -0.536. The summed E-state index contributed by atoms with van der Waals surface area (Å²) in [5.74, 6) is -0.0734. The molecule has 0 unspecified atom stereocenters. The van der Waals surface area contributed by atoms with Gasteiger partial charge in [0, 0.05) is 33.2 Å². The molecule has 7 heteroatoms. The summed E-state index contributed by atoms with van der Waals surface area (Å²) < 4.78 is 0. The topological polar surface area (TPSA) is 101 Å². The zero-order chi connectivity index (χ0) is 17.3. The van der Waals surface area contributed by atoms with E-state index >= 15 is 0 Å². The van der Waals surface area contributed by atoms with Crippen molar-refractivity contribution in [1.82, 2.24) is 9.97 Å². The van der Waals surface area contributed by atoms with Crippen LogP contribution in [0.2, 0.25) is 5.02 Å². The van der Waals surface area contributed by atoms with Crippen LogP contribution in [0, 0.1) is 0 Å². The lowest BCUT2D eigenvalue weighted by molar-refractivity contribution is 0.1000. The molecule has 0 aliphatic rings. The third-order valence-corrected chi connectivity index (χ3v) is 3.95. The number of primary amides is 1. The van der Waals surface area contributed by atoms with Gasteiger partial charge < -0.3 is 16.0 Å². The van der Waals surface area contributed by atoms with Crippen molar-refractivity contribution in [2.24, 2.45) is 5.73 Å². The Morgan fingerprint density at radius 1 is 1.29 bits per heavy atom. The first-order chi connectivity index (χ1) is 11.4. The Kier molecular flexibility index (Phi) is 4.22. The summed E-state index contributed by atoms with van der Waals surface area (Å²) in [6, 6.07) is 9.81. The number of aromatic amines is 1. The lowest BCUT2D eigenvalue weighted by atomic mass is 10.1. The third kappa shape index (κ3) is 3.23. The van der Waals surface area contributed by atoms with Gasteiger partial charge in [-0.1, -0.05) is 11.6 Å². The number of nitrogens with two attached hydrogens (primary N) is 1. The minimum Gasteiger partial charge on any atom is -0.366 e. The number of fused-ring (bicyclic) bond motifs is 1. The molecule has 0 bridgehead atoms.